The van der Waals surface area contributed by atoms with E-state index in [2.05, 4.69) is 53.0 Å². The van der Waals surface area contributed by atoms with Crippen LogP contribution < -0.4 is 26.6 Å². The molecule has 4 aromatic carbocycles. The summed E-state index contributed by atoms with van der Waals surface area (Å²) in [5, 5.41) is 14.6. The van der Waals surface area contributed by atoms with Crippen LogP contribution in [0.15, 0.2) is 112 Å². The van der Waals surface area contributed by atoms with E-state index in [0.717, 1.165) is 41.3 Å². The molecule has 3 amide bonds. The van der Waals surface area contributed by atoms with Crippen molar-refractivity contribution in [3.8, 4) is 11.1 Å². The molecule has 0 aromatic heterocycles. The van der Waals surface area contributed by atoms with Crippen molar-refractivity contribution in [1.29, 1.82) is 0 Å². The van der Waals surface area contributed by atoms with Gasteiger partial charge in [-0.25, -0.2) is 14.4 Å². The predicted molar refractivity (Wildman–Crippen MR) is 223 cm³/mol. The zero-order valence-electron chi connectivity index (χ0n) is 32.6. The minimum absolute atomic E-state index is 0.0185. The van der Waals surface area contributed by atoms with E-state index in [-0.39, 0.29) is 41.9 Å². The van der Waals surface area contributed by atoms with Gasteiger partial charge in [0, 0.05) is 47.5 Å². The number of alkyl halides is 3. The molecule has 0 unspecified atom stereocenters. The maximum Gasteiger partial charge on any atom is 0.422 e. The summed E-state index contributed by atoms with van der Waals surface area (Å²) in [5.74, 6) is -2.00. The summed E-state index contributed by atoms with van der Waals surface area (Å²) in [5.41, 5.74) is 2.97. The summed E-state index contributed by atoms with van der Waals surface area (Å²) in [6.45, 7) is 7.02. The van der Waals surface area contributed by atoms with Gasteiger partial charge in [-0.05, 0) is 72.5 Å². The standard InChI is InChI=1S/C29H34ClF4N7O3.C13H11NO/c1-18(42)36-14-27(2,3)15-37-24(43)22-10-9-21(13-23(22)31)40-25(41-26(35-4)44-16-29(32,33)34)38-17-39-28(11-12-28)19-5-7-20(30)8-6-19;15-10-14-13-9-5-4-8-12(13)11-6-2-1-3-7-11/h5-10,13,39H,4,11-12,14-17H2,1-3H3,(H,36,42)(H,37,43)(H,38,40);1-10H,(H,14,15)/b41-26+;. The van der Waals surface area contributed by atoms with E-state index in [9.17, 15) is 27.6 Å². The van der Waals surface area contributed by atoms with Crippen LogP contribution in [0.5, 0.6) is 0 Å². The molecule has 5 N–H and O–H groups in total. The van der Waals surface area contributed by atoms with Gasteiger partial charge in [0.1, 0.15) is 5.82 Å². The van der Waals surface area contributed by atoms with Gasteiger partial charge in [-0.2, -0.15) is 18.2 Å². The zero-order chi connectivity index (χ0) is 43.1. The summed E-state index contributed by atoms with van der Waals surface area (Å²) in [4.78, 5) is 45.9. The number of nitrogens with zero attached hydrogens (tertiary/aromatic N) is 3. The lowest BCUT2D eigenvalue weighted by molar-refractivity contribution is -0.156. The molecule has 0 atom stereocenters. The fourth-order valence-corrected chi connectivity index (χ4v) is 5.60. The summed E-state index contributed by atoms with van der Waals surface area (Å²) >= 11 is 5.99. The third-order valence-corrected chi connectivity index (χ3v) is 8.99. The van der Waals surface area contributed by atoms with Gasteiger partial charge in [-0.1, -0.05) is 86.1 Å². The molecule has 1 saturated carbocycles. The topological polar surface area (TPSA) is 158 Å². The molecule has 0 spiro atoms. The molecule has 0 aliphatic heterocycles. The molecule has 1 aliphatic carbocycles. The maximum atomic E-state index is 15.0. The van der Waals surface area contributed by atoms with Gasteiger partial charge in [0.2, 0.25) is 18.3 Å². The molecule has 17 heteroatoms. The molecule has 5 rings (SSSR count). The van der Waals surface area contributed by atoms with Crippen molar-refractivity contribution in [2.24, 2.45) is 20.4 Å². The molecule has 12 nitrogen and oxygen atoms in total. The Morgan fingerprint density at radius 2 is 1.59 bits per heavy atom. The highest BCUT2D eigenvalue weighted by atomic mass is 35.5. The number of guanidine groups is 1. The number of hydrogen-bond acceptors (Lipinski definition) is 6. The van der Waals surface area contributed by atoms with Gasteiger partial charge in [0.15, 0.2) is 6.61 Å². The van der Waals surface area contributed by atoms with Gasteiger partial charge in [0.05, 0.1) is 12.2 Å². The number of hydrogen-bond donors (Lipinski definition) is 5. The lowest BCUT2D eigenvalue weighted by atomic mass is 9.93. The zero-order valence-corrected chi connectivity index (χ0v) is 33.4. The van der Waals surface area contributed by atoms with Crippen LogP contribution in [0.2, 0.25) is 5.02 Å². The van der Waals surface area contributed by atoms with Crippen molar-refractivity contribution in [1.82, 2.24) is 16.0 Å². The van der Waals surface area contributed by atoms with Crippen LogP contribution in [-0.4, -0.2) is 69.5 Å². The van der Waals surface area contributed by atoms with Gasteiger partial charge < -0.3 is 26.0 Å². The third kappa shape index (κ3) is 15.0. The number of nitrogens with one attached hydrogen (secondary N) is 5. The van der Waals surface area contributed by atoms with Crippen LogP contribution >= 0.6 is 11.6 Å². The minimum atomic E-state index is -4.65. The number of ether oxygens (including phenoxy) is 1. The highest BCUT2D eigenvalue weighted by molar-refractivity contribution is 6.30. The van der Waals surface area contributed by atoms with Crippen LogP contribution in [-0.2, 0) is 19.9 Å². The maximum absolute atomic E-state index is 15.0. The molecule has 59 heavy (non-hydrogen) atoms. The average Bonchev–Trinajstić information content (AvgIpc) is 3.99. The molecule has 0 saturated heterocycles. The Bertz CT molecular complexity index is 2130. The highest BCUT2D eigenvalue weighted by Crippen LogP contribution is 2.45. The van der Waals surface area contributed by atoms with Crippen LogP contribution in [0.3, 0.4) is 0 Å². The van der Waals surface area contributed by atoms with Crippen LogP contribution in [0, 0.1) is 11.2 Å². The summed E-state index contributed by atoms with van der Waals surface area (Å²) in [7, 11) is 0. The largest absolute Gasteiger partial charge is 0.454 e. The Balaban J connectivity index is 0.000000425. The van der Waals surface area contributed by atoms with Crippen molar-refractivity contribution in [3.63, 3.8) is 0 Å². The fraction of sp³-hybridized carbons (Fsp3) is 0.286. The smallest absolute Gasteiger partial charge is 0.422 e. The van der Waals surface area contributed by atoms with Gasteiger partial charge in [0.25, 0.3) is 5.91 Å². The number of anilines is 2. The molecule has 0 bridgehead atoms. The number of halogens is 5. The lowest BCUT2D eigenvalue weighted by Crippen LogP contribution is -2.41. The van der Waals surface area contributed by atoms with Crippen molar-refractivity contribution in [2.75, 3.05) is 37.0 Å². The normalized spacial score (nSPS) is 13.6. The lowest BCUT2D eigenvalue weighted by Gasteiger charge is -2.25. The quantitative estimate of drug-likeness (QED) is 0.0376. The van der Waals surface area contributed by atoms with Crippen molar-refractivity contribution in [2.45, 2.75) is 45.3 Å². The van der Waals surface area contributed by atoms with Gasteiger partial charge in [-0.3, -0.25) is 19.7 Å². The Kier molecular flexibility index (Phi) is 16.3. The predicted octanol–water partition coefficient (Wildman–Crippen LogP) is 7.93. The summed E-state index contributed by atoms with van der Waals surface area (Å²) in [6.07, 6.45) is -2.30. The van der Waals surface area contributed by atoms with E-state index in [4.69, 9.17) is 11.6 Å². The molecule has 4 aromatic rings. The second-order valence-corrected chi connectivity index (χ2v) is 14.5. The van der Waals surface area contributed by atoms with E-state index < -0.39 is 35.9 Å². The molecule has 1 fully saturated rings. The van der Waals surface area contributed by atoms with Crippen molar-refractivity contribution >= 4 is 59.9 Å². The van der Waals surface area contributed by atoms with Crippen molar-refractivity contribution in [3.05, 3.63) is 119 Å². The molecule has 0 heterocycles. The SMILES string of the molecule is C=N/C(=N\C(=N/CNC1(c2ccc(Cl)cc2)CC1)Nc1ccc(C(=O)NCC(C)(C)CNC(C)=O)c(F)c1)OCC(F)(F)F.O=CNc1ccccc1-c1ccccc1. The Morgan fingerprint density at radius 3 is 2.20 bits per heavy atom. The fourth-order valence-electron chi connectivity index (χ4n) is 5.47. The summed E-state index contributed by atoms with van der Waals surface area (Å²) in [6, 6.07) is 27.9. The van der Waals surface area contributed by atoms with E-state index in [1.54, 1.807) is 12.1 Å². The number of benzene rings is 4. The average molecular weight is 837 g/mol. The first-order chi connectivity index (χ1) is 28.0. The number of rotatable bonds is 14. The number of amidine groups is 1. The van der Waals surface area contributed by atoms with Crippen molar-refractivity contribution < 1.29 is 36.7 Å². The van der Waals surface area contributed by atoms with Crippen LogP contribution in [0.25, 0.3) is 11.1 Å². The first kappa shape index (κ1) is 45.6. The van der Waals surface area contributed by atoms with E-state index >= 15 is 4.39 Å². The number of aliphatic imine (C=N–C) groups is 3. The van der Waals surface area contributed by atoms with E-state index in [1.165, 1.54) is 19.1 Å². The monoisotopic (exact) mass is 836 g/mol. The molecule has 1 aliphatic rings. The molecule has 0 radical (unpaired) electrons. The number of para-hydroxylation sites is 1. The third-order valence-electron chi connectivity index (χ3n) is 8.73. The second kappa shape index (κ2) is 21.0. The Morgan fingerprint density at radius 1 is 0.932 bits per heavy atom. The summed E-state index contributed by atoms with van der Waals surface area (Å²) < 4.78 is 57.7. The van der Waals surface area contributed by atoms with E-state index in [0.29, 0.717) is 18.0 Å². The Hall–Kier alpha value is -6.13. The number of carbonyl (C=O) groups is 3. The second-order valence-electron chi connectivity index (χ2n) is 14.1. The first-order valence-corrected chi connectivity index (χ1v) is 18.7. The van der Waals surface area contributed by atoms with Crippen LogP contribution in [0.4, 0.5) is 28.9 Å². The number of carbonyl (C=O) groups excluding carboxylic acids is 3. The van der Waals surface area contributed by atoms with Gasteiger partial charge >= 0.3 is 12.2 Å². The van der Waals surface area contributed by atoms with E-state index in [1.807, 2.05) is 80.6 Å². The minimum Gasteiger partial charge on any atom is -0.454 e. The van der Waals surface area contributed by atoms with Gasteiger partial charge in [-0.15, -0.1) is 0 Å². The Labute approximate surface area is 344 Å². The molecule has 312 valence electrons. The highest BCUT2D eigenvalue weighted by Gasteiger charge is 2.43. The van der Waals surface area contributed by atoms with Crippen LogP contribution in [0.1, 0.15) is 49.5 Å². The number of amides is 3. The molecular formula is C42H45ClF4N8O4. The molecular weight excluding hydrogens is 792 g/mol. The first-order valence-electron chi connectivity index (χ1n) is 18.3.